The topological polar surface area (TPSA) is 80.6 Å². The van der Waals surface area contributed by atoms with Crippen molar-refractivity contribution in [3.63, 3.8) is 0 Å². The Morgan fingerprint density at radius 3 is 2.71 bits per heavy atom. The van der Waals surface area contributed by atoms with Gasteiger partial charge in [-0.15, -0.1) is 0 Å². The number of fused-ring (bicyclic) bond motifs is 2. The van der Waals surface area contributed by atoms with Crippen LogP contribution in [0.2, 0.25) is 5.02 Å². The van der Waals surface area contributed by atoms with Crippen LogP contribution < -0.4 is 15.6 Å². The quantitative estimate of drug-likeness (QED) is 0.658. The number of halogens is 1. The maximum atomic E-state index is 12.3. The van der Waals surface area contributed by atoms with E-state index in [0.29, 0.717) is 10.8 Å². The number of aryl methyl sites for hydroxylation is 2. The van der Waals surface area contributed by atoms with Crippen LogP contribution in [0.4, 0.5) is 0 Å². The minimum absolute atomic E-state index is 0.0960. The van der Waals surface area contributed by atoms with Gasteiger partial charge in [0.2, 0.25) is 5.91 Å². The minimum atomic E-state index is -0.512. The molecule has 2 amide bonds. The van der Waals surface area contributed by atoms with Gasteiger partial charge in [0.05, 0.1) is 25.4 Å². The average molecular weight is 399 g/mol. The summed E-state index contributed by atoms with van der Waals surface area (Å²) in [5.74, 6) is -0.494. The van der Waals surface area contributed by atoms with E-state index in [0.717, 1.165) is 35.8 Å². The Hall–Kier alpha value is -2.99. The smallest absolute Gasteiger partial charge is 0.273 e. The number of rotatable bonds is 4. The predicted octanol–water partition coefficient (Wildman–Crippen LogP) is 3.59. The largest absolute Gasteiger partial charge is 0.496 e. The number of hydrazine groups is 1. The third-order valence-corrected chi connectivity index (χ3v) is 5.18. The molecule has 0 bridgehead atoms. The summed E-state index contributed by atoms with van der Waals surface area (Å²) in [6, 6.07) is 8.86. The standard InChI is InChI=1S/C21H19ClN2O4/c1-27-18-6-5-15(22)10-17(18)21(26)24-23-20(25)9-14-11-28-19-8-13-4-2-3-12(13)7-16(14)19/h5-8,10-11H,2-4,9H2,1H3,(H,23,25)(H,24,26). The monoisotopic (exact) mass is 398 g/mol. The zero-order valence-electron chi connectivity index (χ0n) is 15.3. The molecule has 1 heterocycles. The van der Waals surface area contributed by atoms with Gasteiger partial charge in [-0.3, -0.25) is 20.4 Å². The molecule has 0 spiro atoms. The van der Waals surface area contributed by atoms with Crippen LogP contribution in [0.5, 0.6) is 5.75 Å². The van der Waals surface area contributed by atoms with Gasteiger partial charge in [0.1, 0.15) is 11.3 Å². The van der Waals surface area contributed by atoms with E-state index in [9.17, 15) is 9.59 Å². The first-order valence-electron chi connectivity index (χ1n) is 9.00. The normalized spacial score (nSPS) is 12.6. The fraction of sp³-hybridized carbons (Fsp3) is 0.238. The first-order chi connectivity index (χ1) is 13.5. The molecular weight excluding hydrogens is 380 g/mol. The second-order valence-electron chi connectivity index (χ2n) is 6.76. The van der Waals surface area contributed by atoms with E-state index < -0.39 is 5.91 Å². The van der Waals surface area contributed by atoms with Crippen LogP contribution in [0, 0.1) is 0 Å². The number of benzene rings is 2. The molecule has 1 aliphatic rings. The number of hydrogen-bond acceptors (Lipinski definition) is 4. The Balaban J connectivity index is 1.43. The summed E-state index contributed by atoms with van der Waals surface area (Å²) < 4.78 is 10.8. The highest BCUT2D eigenvalue weighted by Crippen LogP contribution is 2.30. The van der Waals surface area contributed by atoms with Crippen molar-refractivity contribution in [2.24, 2.45) is 0 Å². The Bertz CT molecular complexity index is 1070. The first kappa shape index (κ1) is 18.4. The molecule has 1 aliphatic carbocycles. The van der Waals surface area contributed by atoms with Crippen LogP contribution in [0.25, 0.3) is 11.0 Å². The third kappa shape index (κ3) is 3.55. The molecule has 28 heavy (non-hydrogen) atoms. The number of methoxy groups -OCH3 is 1. The van der Waals surface area contributed by atoms with Gasteiger partial charge in [-0.2, -0.15) is 0 Å². The molecule has 0 unspecified atom stereocenters. The predicted molar refractivity (Wildman–Crippen MR) is 106 cm³/mol. The summed E-state index contributed by atoms with van der Waals surface area (Å²) in [5, 5.41) is 1.34. The number of furan rings is 1. The van der Waals surface area contributed by atoms with E-state index in [-0.39, 0.29) is 17.9 Å². The molecule has 3 aromatic rings. The molecule has 6 nitrogen and oxygen atoms in total. The van der Waals surface area contributed by atoms with Crippen molar-refractivity contribution in [2.45, 2.75) is 25.7 Å². The molecule has 2 aromatic carbocycles. The third-order valence-electron chi connectivity index (χ3n) is 4.94. The number of carbonyl (C=O) groups is 2. The Kier molecular flexibility index (Phi) is 4.96. The summed E-state index contributed by atoms with van der Waals surface area (Å²) >= 11 is 5.94. The number of nitrogens with one attached hydrogen (secondary N) is 2. The van der Waals surface area contributed by atoms with Gasteiger partial charge in [-0.25, -0.2) is 0 Å². The van der Waals surface area contributed by atoms with Gasteiger partial charge in [-0.1, -0.05) is 11.6 Å². The van der Waals surface area contributed by atoms with E-state index in [2.05, 4.69) is 23.0 Å². The van der Waals surface area contributed by atoms with Crippen molar-refractivity contribution in [3.8, 4) is 5.75 Å². The maximum Gasteiger partial charge on any atom is 0.273 e. The molecule has 0 fully saturated rings. The molecule has 144 valence electrons. The minimum Gasteiger partial charge on any atom is -0.496 e. The summed E-state index contributed by atoms with van der Waals surface area (Å²) in [4.78, 5) is 24.7. The fourth-order valence-corrected chi connectivity index (χ4v) is 3.73. The van der Waals surface area contributed by atoms with Crippen LogP contribution in [-0.4, -0.2) is 18.9 Å². The van der Waals surface area contributed by atoms with Gasteiger partial charge in [0.15, 0.2) is 0 Å². The van der Waals surface area contributed by atoms with E-state index in [1.807, 2.05) is 0 Å². The van der Waals surface area contributed by atoms with Crippen LogP contribution in [0.3, 0.4) is 0 Å². The SMILES string of the molecule is COc1ccc(Cl)cc1C(=O)NNC(=O)Cc1coc2cc3c(cc12)CCC3. The van der Waals surface area contributed by atoms with E-state index in [1.54, 1.807) is 18.4 Å². The molecule has 0 radical (unpaired) electrons. The second kappa shape index (κ2) is 7.56. The summed E-state index contributed by atoms with van der Waals surface area (Å²) in [6.07, 6.45) is 4.97. The fourth-order valence-electron chi connectivity index (χ4n) is 3.55. The summed E-state index contributed by atoms with van der Waals surface area (Å²) in [7, 11) is 1.46. The highest BCUT2D eigenvalue weighted by atomic mass is 35.5. The van der Waals surface area contributed by atoms with Gasteiger partial charge in [0, 0.05) is 16.0 Å². The number of hydrogen-bond donors (Lipinski definition) is 2. The zero-order chi connectivity index (χ0) is 19.7. The van der Waals surface area contributed by atoms with Crippen molar-refractivity contribution in [2.75, 3.05) is 7.11 Å². The molecule has 0 saturated heterocycles. The average Bonchev–Trinajstić information content (AvgIpc) is 3.31. The lowest BCUT2D eigenvalue weighted by Crippen LogP contribution is -2.42. The van der Waals surface area contributed by atoms with Crippen molar-refractivity contribution in [1.82, 2.24) is 10.9 Å². The van der Waals surface area contributed by atoms with E-state index >= 15 is 0 Å². The van der Waals surface area contributed by atoms with Gasteiger partial charge < -0.3 is 9.15 Å². The number of carbonyl (C=O) groups excluding carboxylic acids is 2. The van der Waals surface area contributed by atoms with Crippen molar-refractivity contribution in [3.05, 3.63) is 63.9 Å². The number of ether oxygens (including phenoxy) is 1. The highest BCUT2D eigenvalue weighted by molar-refractivity contribution is 6.31. The Morgan fingerprint density at radius 1 is 1.14 bits per heavy atom. The van der Waals surface area contributed by atoms with E-state index in [1.165, 1.54) is 24.3 Å². The van der Waals surface area contributed by atoms with Gasteiger partial charge >= 0.3 is 0 Å². The molecule has 2 N–H and O–H groups in total. The summed E-state index contributed by atoms with van der Waals surface area (Å²) in [5.41, 5.74) is 9.27. The maximum absolute atomic E-state index is 12.3. The molecule has 1 aromatic heterocycles. The Morgan fingerprint density at radius 2 is 1.93 bits per heavy atom. The Labute approximate surface area is 166 Å². The highest BCUT2D eigenvalue weighted by Gasteiger charge is 2.18. The van der Waals surface area contributed by atoms with Crippen LogP contribution in [0.1, 0.15) is 33.5 Å². The molecular formula is C21H19ClN2O4. The van der Waals surface area contributed by atoms with Crippen molar-refractivity contribution in [1.29, 1.82) is 0 Å². The van der Waals surface area contributed by atoms with Gasteiger partial charge in [-0.05, 0) is 60.7 Å². The second-order valence-corrected chi connectivity index (χ2v) is 7.19. The van der Waals surface area contributed by atoms with Crippen LogP contribution in [-0.2, 0) is 24.1 Å². The zero-order valence-corrected chi connectivity index (χ0v) is 16.1. The molecule has 4 rings (SSSR count). The van der Waals surface area contributed by atoms with E-state index in [4.69, 9.17) is 20.8 Å². The molecule has 0 saturated carbocycles. The first-order valence-corrected chi connectivity index (χ1v) is 9.37. The van der Waals surface area contributed by atoms with Crippen LogP contribution in [0.15, 0.2) is 41.0 Å². The molecule has 7 heteroatoms. The summed E-state index contributed by atoms with van der Waals surface area (Å²) in [6.45, 7) is 0. The molecule has 0 aliphatic heterocycles. The lowest BCUT2D eigenvalue weighted by atomic mass is 10.0. The van der Waals surface area contributed by atoms with Crippen molar-refractivity contribution >= 4 is 34.4 Å². The van der Waals surface area contributed by atoms with Crippen LogP contribution >= 0.6 is 11.6 Å². The molecule has 0 atom stereocenters. The lowest BCUT2D eigenvalue weighted by molar-refractivity contribution is -0.121. The van der Waals surface area contributed by atoms with Crippen molar-refractivity contribution < 1.29 is 18.7 Å². The lowest BCUT2D eigenvalue weighted by Gasteiger charge is -2.10. The number of amides is 2. The van der Waals surface area contributed by atoms with Gasteiger partial charge in [0.25, 0.3) is 5.91 Å².